The van der Waals surface area contributed by atoms with Crippen molar-refractivity contribution < 1.29 is 28.5 Å². The van der Waals surface area contributed by atoms with Crippen molar-refractivity contribution in [1.29, 1.82) is 0 Å². The van der Waals surface area contributed by atoms with Gasteiger partial charge in [0.2, 0.25) is 11.7 Å². The minimum absolute atomic E-state index is 0.0435. The van der Waals surface area contributed by atoms with Crippen LogP contribution in [0.2, 0.25) is 5.02 Å². The summed E-state index contributed by atoms with van der Waals surface area (Å²) in [6.07, 6.45) is 1.50. The molecule has 0 saturated carbocycles. The molecule has 43 heavy (non-hydrogen) atoms. The van der Waals surface area contributed by atoms with Crippen LogP contribution in [-0.2, 0) is 19.1 Å². The highest BCUT2D eigenvalue weighted by atomic mass is 35.5. The first kappa shape index (κ1) is 30.5. The molecule has 9 nitrogen and oxygen atoms in total. The fourth-order valence-electron chi connectivity index (χ4n) is 6.12. The van der Waals surface area contributed by atoms with Crippen molar-refractivity contribution in [2.75, 3.05) is 33.9 Å². The van der Waals surface area contributed by atoms with Crippen LogP contribution in [0.4, 0.5) is 5.82 Å². The molecule has 1 saturated heterocycles. The number of halogens is 1. The fourth-order valence-corrected chi connectivity index (χ4v) is 6.30. The molecule has 0 spiro atoms. The lowest BCUT2D eigenvalue weighted by molar-refractivity contribution is -0.144. The number of hydrogen-bond donors (Lipinski definition) is 0. The van der Waals surface area contributed by atoms with Crippen LogP contribution in [0.3, 0.4) is 0 Å². The Morgan fingerprint density at radius 1 is 1.07 bits per heavy atom. The third-order valence-corrected chi connectivity index (χ3v) is 8.45. The topological polar surface area (TPSA) is 83.6 Å². The number of likely N-dealkylation sites (tertiary alicyclic amines) is 1. The molecule has 0 aliphatic carbocycles. The maximum Gasteiger partial charge on any atom is 0.306 e. The molecule has 0 unspecified atom stereocenters. The van der Waals surface area contributed by atoms with Crippen molar-refractivity contribution in [1.82, 2.24) is 9.47 Å². The Kier molecular flexibility index (Phi) is 9.59. The molecule has 2 atom stereocenters. The summed E-state index contributed by atoms with van der Waals surface area (Å²) in [6.45, 7) is 11.3. The van der Waals surface area contributed by atoms with E-state index in [1.54, 1.807) is 33.3 Å². The number of aromatic nitrogens is 1. The molecule has 1 amide bonds. The molecular weight excluding hydrogens is 570 g/mol. The number of esters is 1. The third kappa shape index (κ3) is 6.36. The van der Waals surface area contributed by atoms with Crippen LogP contribution in [0.5, 0.6) is 11.5 Å². The third-order valence-electron chi connectivity index (χ3n) is 8.21. The normalized spacial score (nSPS) is 18.2. The SMILES string of the molecule is [C-]#[N+]c1ccc2n1-c1ccc(Cl)cc1[C@@H](c1cccc(OC)c1OC)O[C@@H]2CCC(=O)N1CCC(CC(=O)OCC)CC1. The van der Waals surface area contributed by atoms with Gasteiger partial charge in [0.25, 0.3) is 0 Å². The van der Waals surface area contributed by atoms with Crippen LogP contribution in [0.1, 0.15) is 68.1 Å². The molecule has 3 aromatic rings. The Balaban J connectivity index is 1.43. The monoisotopic (exact) mass is 605 g/mol. The van der Waals surface area contributed by atoms with E-state index in [2.05, 4.69) is 4.85 Å². The summed E-state index contributed by atoms with van der Waals surface area (Å²) in [5, 5.41) is 0.535. The molecule has 5 rings (SSSR count). The quantitative estimate of drug-likeness (QED) is 0.196. The first-order chi connectivity index (χ1) is 20.9. The molecule has 3 heterocycles. The highest BCUT2D eigenvalue weighted by molar-refractivity contribution is 6.30. The number of benzene rings is 2. The lowest BCUT2D eigenvalue weighted by Gasteiger charge is -2.32. The van der Waals surface area contributed by atoms with Crippen molar-refractivity contribution >= 4 is 29.3 Å². The number of fused-ring (bicyclic) bond motifs is 3. The number of para-hydroxylation sites is 1. The number of carbonyl (C=O) groups is 2. The summed E-state index contributed by atoms with van der Waals surface area (Å²) in [5.74, 6) is 1.65. The zero-order valence-electron chi connectivity index (χ0n) is 24.7. The summed E-state index contributed by atoms with van der Waals surface area (Å²) >= 11 is 6.51. The average Bonchev–Trinajstić information content (AvgIpc) is 3.39. The van der Waals surface area contributed by atoms with E-state index in [9.17, 15) is 9.59 Å². The molecule has 1 aromatic heterocycles. The van der Waals surface area contributed by atoms with Gasteiger partial charge in [-0.3, -0.25) is 14.2 Å². The minimum atomic E-state index is -0.615. The van der Waals surface area contributed by atoms with Gasteiger partial charge in [-0.2, -0.15) is 0 Å². The molecule has 10 heteroatoms. The second-order valence-corrected chi connectivity index (χ2v) is 11.2. The van der Waals surface area contributed by atoms with Gasteiger partial charge in [0.15, 0.2) is 11.5 Å². The predicted octanol–water partition coefficient (Wildman–Crippen LogP) is 6.83. The minimum Gasteiger partial charge on any atom is -0.493 e. The lowest BCUT2D eigenvalue weighted by atomic mass is 9.93. The van der Waals surface area contributed by atoms with Crippen molar-refractivity contribution in [3.63, 3.8) is 0 Å². The number of methoxy groups -OCH3 is 2. The molecule has 2 aromatic carbocycles. The van der Waals surface area contributed by atoms with E-state index in [0.717, 1.165) is 35.3 Å². The Labute approximate surface area is 257 Å². The van der Waals surface area contributed by atoms with E-state index >= 15 is 0 Å². The number of carbonyl (C=O) groups excluding carboxylic acids is 2. The fraction of sp³-hybridized carbons (Fsp3) is 0.424. The average molecular weight is 606 g/mol. The Bertz CT molecular complexity index is 1520. The van der Waals surface area contributed by atoms with E-state index < -0.39 is 12.2 Å². The molecule has 2 aliphatic rings. The molecule has 2 aliphatic heterocycles. The number of nitrogens with zero attached hydrogens (tertiary/aromatic N) is 3. The van der Waals surface area contributed by atoms with Crippen molar-refractivity contribution in [3.8, 4) is 17.2 Å². The molecule has 0 bridgehead atoms. The molecule has 226 valence electrons. The number of ether oxygens (including phenoxy) is 4. The summed E-state index contributed by atoms with van der Waals surface area (Å²) in [7, 11) is 3.17. The maximum atomic E-state index is 13.4. The van der Waals surface area contributed by atoms with Gasteiger partial charge in [0.1, 0.15) is 23.6 Å². The summed E-state index contributed by atoms with van der Waals surface area (Å²) in [4.78, 5) is 31.0. The summed E-state index contributed by atoms with van der Waals surface area (Å²) < 4.78 is 25.3. The Hall–Kier alpha value is -4.00. The van der Waals surface area contributed by atoms with Crippen LogP contribution >= 0.6 is 11.6 Å². The number of amides is 1. The van der Waals surface area contributed by atoms with Crippen LogP contribution in [-0.4, -0.2) is 55.3 Å². The Morgan fingerprint density at radius 2 is 1.86 bits per heavy atom. The smallest absolute Gasteiger partial charge is 0.306 e. The van der Waals surface area contributed by atoms with E-state index in [0.29, 0.717) is 54.9 Å². The van der Waals surface area contributed by atoms with Gasteiger partial charge in [-0.1, -0.05) is 30.3 Å². The number of rotatable bonds is 9. The largest absolute Gasteiger partial charge is 0.493 e. The van der Waals surface area contributed by atoms with Crippen LogP contribution in [0, 0.1) is 12.5 Å². The zero-order valence-corrected chi connectivity index (χ0v) is 25.4. The van der Waals surface area contributed by atoms with Gasteiger partial charge in [-0.25, -0.2) is 0 Å². The van der Waals surface area contributed by atoms with E-state index in [1.807, 2.05) is 45.9 Å². The lowest BCUT2D eigenvalue weighted by Crippen LogP contribution is -2.39. The van der Waals surface area contributed by atoms with Crippen molar-refractivity contribution in [2.45, 2.75) is 51.2 Å². The van der Waals surface area contributed by atoms with E-state index in [1.165, 1.54) is 0 Å². The van der Waals surface area contributed by atoms with Gasteiger partial charge in [0.05, 0.1) is 20.8 Å². The van der Waals surface area contributed by atoms with Gasteiger partial charge in [0, 0.05) is 42.1 Å². The first-order valence-corrected chi connectivity index (χ1v) is 14.9. The van der Waals surface area contributed by atoms with E-state index in [-0.39, 0.29) is 24.2 Å². The second kappa shape index (κ2) is 13.5. The second-order valence-electron chi connectivity index (χ2n) is 10.7. The van der Waals surface area contributed by atoms with E-state index in [4.69, 9.17) is 37.1 Å². The molecule has 0 N–H and O–H groups in total. The van der Waals surface area contributed by atoms with Gasteiger partial charge in [-0.15, -0.1) is 0 Å². The summed E-state index contributed by atoms with van der Waals surface area (Å²) in [6, 6.07) is 14.9. The van der Waals surface area contributed by atoms with Gasteiger partial charge in [-0.05, 0) is 68.5 Å². The van der Waals surface area contributed by atoms with Gasteiger partial charge >= 0.3 is 5.97 Å². The molecular formula is C33H36ClN3O6. The van der Waals surface area contributed by atoms with Crippen molar-refractivity contribution in [3.05, 3.63) is 81.8 Å². The van der Waals surface area contributed by atoms with Crippen LogP contribution in [0.15, 0.2) is 48.5 Å². The Morgan fingerprint density at radius 3 is 2.56 bits per heavy atom. The highest BCUT2D eigenvalue weighted by Gasteiger charge is 2.36. The molecule has 0 radical (unpaired) electrons. The highest BCUT2D eigenvalue weighted by Crippen LogP contribution is 2.48. The van der Waals surface area contributed by atoms with Crippen LogP contribution < -0.4 is 9.47 Å². The standard InChI is InChI=1S/C33H36ClN3O6/c1-5-42-31(39)19-21-15-17-36(18-16-21)30(38)14-12-27-26-11-13-29(35-2)37(26)25-10-9-22(34)20-24(25)32(43-27)23-7-6-8-28(40-3)33(23)41-4/h6-11,13,20-21,27,32H,5,12,14-19H2,1,3-4H3/t27-,32-/m1/s1. The summed E-state index contributed by atoms with van der Waals surface area (Å²) in [5.41, 5.74) is 3.10. The zero-order chi connectivity index (χ0) is 30.5. The maximum absolute atomic E-state index is 13.4. The number of piperidine rings is 1. The molecule has 1 fully saturated rings. The first-order valence-electron chi connectivity index (χ1n) is 14.6. The van der Waals surface area contributed by atoms with Crippen molar-refractivity contribution in [2.24, 2.45) is 5.92 Å². The number of hydrogen-bond acceptors (Lipinski definition) is 6. The van der Waals surface area contributed by atoms with Gasteiger partial charge < -0.3 is 28.7 Å². The van der Waals surface area contributed by atoms with Crippen LogP contribution in [0.25, 0.3) is 10.5 Å². The predicted molar refractivity (Wildman–Crippen MR) is 162 cm³/mol.